The standard InChI is InChI=1S/C16H21ClN6O/c1-12-2-4-13(5-3-12)19-16-21-14(17)20-15(22-16)18-6-7-23-8-10-24-11-9-23/h2-5H,6-11H2,1H3,(H2,18,19,20,21,22). The van der Waals surface area contributed by atoms with Gasteiger partial charge in [-0.05, 0) is 30.7 Å². The molecule has 2 aromatic rings. The van der Waals surface area contributed by atoms with Crippen LogP contribution in [-0.2, 0) is 4.74 Å². The fraction of sp³-hybridized carbons (Fsp3) is 0.438. The number of nitrogens with zero attached hydrogens (tertiary/aromatic N) is 4. The molecule has 2 heterocycles. The van der Waals surface area contributed by atoms with E-state index in [0.717, 1.165) is 45.1 Å². The van der Waals surface area contributed by atoms with Crippen LogP contribution >= 0.6 is 11.6 Å². The number of aromatic nitrogens is 3. The summed E-state index contributed by atoms with van der Waals surface area (Å²) in [5.74, 6) is 0.894. The van der Waals surface area contributed by atoms with Crippen molar-refractivity contribution >= 4 is 29.2 Å². The number of aryl methyl sites for hydroxylation is 1. The number of morpholine rings is 1. The van der Waals surface area contributed by atoms with Crippen molar-refractivity contribution in [2.75, 3.05) is 50.0 Å². The van der Waals surface area contributed by atoms with E-state index in [1.54, 1.807) is 0 Å². The molecule has 1 saturated heterocycles. The summed E-state index contributed by atoms with van der Waals surface area (Å²) in [4.78, 5) is 14.9. The molecule has 1 aliphatic rings. The normalized spacial score (nSPS) is 15.2. The van der Waals surface area contributed by atoms with Gasteiger partial charge in [-0.15, -0.1) is 0 Å². The Bertz CT molecular complexity index is 660. The van der Waals surface area contributed by atoms with Crippen LogP contribution in [0.2, 0.25) is 5.28 Å². The SMILES string of the molecule is Cc1ccc(Nc2nc(Cl)nc(NCCN3CCOCC3)n2)cc1. The Labute approximate surface area is 146 Å². The molecule has 8 heteroatoms. The molecule has 0 unspecified atom stereocenters. The highest BCUT2D eigenvalue weighted by Gasteiger charge is 2.10. The van der Waals surface area contributed by atoms with Gasteiger partial charge in [-0.25, -0.2) is 0 Å². The van der Waals surface area contributed by atoms with Crippen LogP contribution in [0.15, 0.2) is 24.3 Å². The third kappa shape index (κ3) is 5.02. The third-order valence-corrected chi connectivity index (χ3v) is 3.90. The van der Waals surface area contributed by atoms with E-state index in [9.17, 15) is 0 Å². The number of rotatable bonds is 6. The Morgan fingerprint density at radius 1 is 1.08 bits per heavy atom. The molecule has 0 amide bonds. The molecule has 1 fully saturated rings. The Kier molecular flexibility index (Phi) is 5.79. The molecule has 24 heavy (non-hydrogen) atoms. The first kappa shape index (κ1) is 16.9. The van der Waals surface area contributed by atoms with Gasteiger partial charge in [0.1, 0.15) is 0 Å². The first-order valence-electron chi connectivity index (χ1n) is 7.98. The van der Waals surface area contributed by atoms with Crippen molar-refractivity contribution in [2.24, 2.45) is 0 Å². The lowest BCUT2D eigenvalue weighted by atomic mass is 10.2. The van der Waals surface area contributed by atoms with E-state index in [-0.39, 0.29) is 5.28 Å². The second-order valence-corrected chi connectivity index (χ2v) is 5.96. The van der Waals surface area contributed by atoms with Gasteiger partial charge in [0.25, 0.3) is 0 Å². The van der Waals surface area contributed by atoms with Crippen molar-refractivity contribution < 1.29 is 4.74 Å². The summed E-state index contributed by atoms with van der Waals surface area (Å²) < 4.78 is 5.34. The lowest BCUT2D eigenvalue weighted by Gasteiger charge is -2.26. The van der Waals surface area contributed by atoms with Gasteiger partial charge in [0.15, 0.2) is 0 Å². The topological polar surface area (TPSA) is 75.2 Å². The Morgan fingerprint density at radius 2 is 1.79 bits per heavy atom. The van der Waals surface area contributed by atoms with Gasteiger partial charge in [0.05, 0.1) is 13.2 Å². The van der Waals surface area contributed by atoms with Gasteiger partial charge in [-0.2, -0.15) is 15.0 Å². The average molecular weight is 349 g/mol. The van der Waals surface area contributed by atoms with E-state index >= 15 is 0 Å². The first-order valence-corrected chi connectivity index (χ1v) is 8.36. The fourth-order valence-electron chi connectivity index (χ4n) is 2.40. The third-order valence-electron chi connectivity index (χ3n) is 3.73. The summed E-state index contributed by atoms with van der Waals surface area (Å²) in [6.07, 6.45) is 0. The highest BCUT2D eigenvalue weighted by molar-refractivity contribution is 6.28. The van der Waals surface area contributed by atoms with Crippen LogP contribution in [0.5, 0.6) is 0 Å². The van der Waals surface area contributed by atoms with E-state index in [1.165, 1.54) is 5.56 Å². The highest BCUT2D eigenvalue weighted by Crippen LogP contribution is 2.16. The zero-order valence-corrected chi connectivity index (χ0v) is 14.4. The Hall–Kier alpha value is -1.96. The summed E-state index contributed by atoms with van der Waals surface area (Å²) in [6.45, 7) is 7.20. The lowest BCUT2D eigenvalue weighted by molar-refractivity contribution is 0.0398. The van der Waals surface area contributed by atoms with Gasteiger partial charge < -0.3 is 15.4 Å². The molecule has 0 aliphatic carbocycles. The zero-order chi connectivity index (χ0) is 16.8. The largest absolute Gasteiger partial charge is 0.379 e. The Balaban J connectivity index is 1.57. The number of anilines is 3. The number of hydrogen-bond acceptors (Lipinski definition) is 7. The van der Waals surface area contributed by atoms with E-state index in [0.29, 0.717) is 11.9 Å². The maximum atomic E-state index is 6.00. The molecule has 128 valence electrons. The second kappa shape index (κ2) is 8.23. The van der Waals surface area contributed by atoms with Crippen molar-refractivity contribution in [1.82, 2.24) is 19.9 Å². The van der Waals surface area contributed by atoms with Crippen LogP contribution in [-0.4, -0.2) is 59.2 Å². The van der Waals surface area contributed by atoms with Crippen LogP contribution < -0.4 is 10.6 Å². The first-order chi connectivity index (χ1) is 11.7. The van der Waals surface area contributed by atoms with Crippen LogP contribution in [0, 0.1) is 6.92 Å². The molecule has 0 saturated carbocycles. The number of halogens is 1. The molecule has 2 N–H and O–H groups in total. The second-order valence-electron chi connectivity index (χ2n) is 5.62. The minimum atomic E-state index is 0.161. The van der Waals surface area contributed by atoms with Crippen molar-refractivity contribution in [3.05, 3.63) is 35.1 Å². The Morgan fingerprint density at radius 3 is 2.54 bits per heavy atom. The summed E-state index contributed by atoms with van der Waals surface area (Å²) in [7, 11) is 0. The highest BCUT2D eigenvalue weighted by atomic mass is 35.5. The molecule has 0 radical (unpaired) electrons. The molecule has 0 bridgehead atoms. The van der Waals surface area contributed by atoms with Gasteiger partial charge in [-0.3, -0.25) is 4.90 Å². The number of benzene rings is 1. The van der Waals surface area contributed by atoms with Gasteiger partial charge in [-0.1, -0.05) is 17.7 Å². The van der Waals surface area contributed by atoms with E-state index < -0.39 is 0 Å². The number of ether oxygens (including phenoxy) is 1. The van der Waals surface area contributed by atoms with E-state index in [1.807, 2.05) is 31.2 Å². The van der Waals surface area contributed by atoms with Crippen molar-refractivity contribution in [1.29, 1.82) is 0 Å². The molecular weight excluding hydrogens is 328 g/mol. The van der Waals surface area contributed by atoms with Crippen LogP contribution in [0.1, 0.15) is 5.56 Å². The molecular formula is C16H21ClN6O. The predicted octanol–water partition coefficient (Wildman–Crippen LogP) is 2.32. The van der Waals surface area contributed by atoms with Crippen molar-refractivity contribution in [3.63, 3.8) is 0 Å². The monoisotopic (exact) mass is 348 g/mol. The molecule has 1 aromatic heterocycles. The summed E-state index contributed by atoms with van der Waals surface area (Å²) >= 11 is 6.00. The molecule has 3 rings (SSSR count). The van der Waals surface area contributed by atoms with Crippen LogP contribution in [0.3, 0.4) is 0 Å². The van der Waals surface area contributed by atoms with Crippen molar-refractivity contribution in [3.8, 4) is 0 Å². The fourth-order valence-corrected chi connectivity index (χ4v) is 2.56. The molecule has 1 aliphatic heterocycles. The minimum Gasteiger partial charge on any atom is -0.379 e. The quantitative estimate of drug-likeness (QED) is 0.829. The van der Waals surface area contributed by atoms with Crippen molar-refractivity contribution in [2.45, 2.75) is 6.92 Å². The number of nitrogens with one attached hydrogen (secondary N) is 2. The van der Waals surface area contributed by atoms with E-state index in [2.05, 4.69) is 30.5 Å². The van der Waals surface area contributed by atoms with Gasteiger partial charge in [0, 0.05) is 31.9 Å². The molecule has 0 atom stereocenters. The lowest BCUT2D eigenvalue weighted by Crippen LogP contribution is -2.39. The average Bonchev–Trinajstić information content (AvgIpc) is 2.57. The van der Waals surface area contributed by atoms with Gasteiger partial charge >= 0.3 is 0 Å². The molecule has 0 spiro atoms. The maximum Gasteiger partial charge on any atom is 0.233 e. The molecule has 7 nitrogen and oxygen atoms in total. The molecule has 1 aromatic carbocycles. The minimum absolute atomic E-state index is 0.161. The number of hydrogen-bond donors (Lipinski definition) is 2. The summed E-state index contributed by atoms with van der Waals surface area (Å²) in [5.41, 5.74) is 2.10. The predicted molar refractivity (Wildman–Crippen MR) is 95.0 cm³/mol. The van der Waals surface area contributed by atoms with E-state index in [4.69, 9.17) is 16.3 Å². The van der Waals surface area contributed by atoms with Crippen LogP contribution in [0.25, 0.3) is 0 Å². The smallest absolute Gasteiger partial charge is 0.233 e. The summed E-state index contributed by atoms with van der Waals surface area (Å²) in [6, 6.07) is 7.98. The summed E-state index contributed by atoms with van der Waals surface area (Å²) in [5, 5.41) is 6.50. The maximum absolute atomic E-state index is 6.00. The zero-order valence-electron chi connectivity index (χ0n) is 13.6. The van der Waals surface area contributed by atoms with Crippen LogP contribution in [0.4, 0.5) is 17.6 Å². The van der Waals surface area contributed by atoms with Gasteiger partial charge in [0.2, 0.25) is 17.2 Å².